The average molecular weight is 267 g/mol. The van der Waals surface area contributed by atoms with Crippen LogP contribution in [-0.4, -0.2) is 15.0 Å². The lowest BCUT2D eigenvalue weighted by Crippen LogP contribution is -1.90. The Morgan fingerprint density at radius 1 is 1.40 bits per heavy atom. The van der Waals surface area contributed by atoms with Crippen LogP contribution in [0.2, 0.25) is 0 Å². The van der Waals surface area contributed by atoms with E-state index >= 15 is 0 Å². The standard InChI is InChI=1S/C14H9N3O3/c15-9-11(12-3-1-2-6-16-12)7-10-4-5-14(18)13(8-10)17(19)20/h1-8,18H/b11-7+. The van der Waals surface area contributed by atoms with Gasteiger partial charge in [-0.3, -0.25) is 15.1 Å². The third-order valence-electron chi connectivity index (χ3n) is 2.57. The highest BCUT2D eigenvalue weighted by Gasteiger charge is 2.13. The van der Waals surface area contributed by atoms with Crippen LogP contribution in [0.25, 0.3) is 11.6 Å². The van der Waals surface area contributed by atoms with Crippen molar-refractivity contribution in [3.8, 4) is 11.8 Å². The second-order valence-electron chi connectivity index (χ2n) is 3.89. The molecule has 2 aromatic rings. The second-order valence-corrected chi connectivity index (χ2v) is 3.89. The van der Waals surface area contributed by atoms with Crippen LogP contribution in [0, 0.1) is 21.4 Å². The Labute approximate surface area is 114 Å². The van der Waals surface area contributed by atoms with Gasteiger partial charge in [0.2, 0.25) is 0 Å². The lowest BCUT2D eigenvalue weighted by Gasteiger charge is -2.00. The number of hydrogen-bond donors (Lipinski definition) is 1. The number of pyridine rings is 1. The molecule has 0 spiro atoms. The number of aromatic hydroxyl groups is 1. The van der Waals surface area contributed by atoms with Crippen molar-refractivity contribution in [3.05, 3.63) is 64.0 Å². The van der Waals surface area contributed by atoms with Crippen LogP contribution in [0.15, 0.2) is 42.6 Å². The second kappa shape index (κ2) is 5.63. The smallest absolute Gasteiger partial charge is 0.311 e. The molecule has 0 atom stereocenters. The van der Waals surface area contributed by atoms with Crippen LogP contribution in [-0.2, 0) is 0 Å². The molecule has 6 heteroatoms. The predicted molar refractivity (Wildman–Crippen MR) is 72.5 cm³/mol. The molecule has 1 aromatic carbocycles. The van der Waals surface area contributed by atoms with Gasteiger partial charge in [-0.25, -0.2) is 0 Å². The van der Waals surface area contributed by atoms with Gasteiger partial charge in [-0.2, -0.15) is 5.26 Å². The Balaban J connectivity index is 2.47. The van der Waals surface area contributed by atoms with E-state index in [1.54, 1.807) is 24.4 Å². The largest absolute Gasteiger partial charge is 0.502 e. The summed E-state index contributed by atoms with van der Waals surface area (Å²) in [6.45, 7) is 0. The maximum absolute atomic E-state index is 10.7. The Bertz CT molecular complexity index is 718. The van der Waals surface area contributed by atoms with E-state index in [4.69, 9.17) is 5.26 Å². The number of allylic oxidation sites excluding steroid dienone is 1. The molecular weight excluding hydrogens is 258 g/mol. The molecule has 0 saturated carbocycles. The van der Waals surface area contributed by atoms with Crippen LogP contribution in [0.1, 0.15) is 11.3 Å². The third-order valence-corrected chi connectivity index (χ3v) is 2.57. The minimum Gasteiger partial charge on any atom is -0.502 e. The highest BCUT2D eigenvalue weighted by atomic mass is 16.6. The molecule has 1 aromatic heterocycles. The van der Waals surface area contributed by atoms with Crippen molar-refractivity contribution in [2.45, 2.75) is 0 Å². The molecule has 0 aliphatic rings. The summed E-state index contributed by atoms with van der Waals surface area (Å²) in [5, 5.41) is 29.3. The van der Waals surface area contributed by atoms with Gasteiger partial charge >= 0.3 is 5.69 Å². The number of phenols is 1. The molecule has 0 bridgehead atoms. The topological polar surface area (TPSA) is 100 Å². The Morgan fingerprint density at radius 2 is 2.20 bits per heavy atom. The van der Waals surface area contributed by atoms with E-state index in [0.29, 0.717) is 11.3 Å². The maximum Gasteiger partial charge on any atom is 0.311 e. The number of nitrogens with zero attached hydrogens (tertiary/aromatic N) is 3. The Morgan fingerprint density at radius 3 is 2.80 bits per heavy atom. The van der Waals surface area contributed by atoms with Crippen LogP contribution in [0.3, 0.4) is 0 Å². The number of phenolic OH excluding ortho intramolecular Hbond substituents is 1. The van der Waals surface area contributed by atoms with E-state index in [1.165, 1.54) is 24.3 Å². The quantitative estimate of drug-likeness (QED) is 0.523. The first-order valence-corrected chi connectivity index (χ1v) is 5.62. The number of rotatable bonds is 3. The van der Waals surface area contributed by atoms with E-state index in [0.717, 1.165) is 0 Å². The summed E-state index contributed by atoms with van der Waals surface area (Å²) in [5.41, 5.74) is 0.796. The van der Waals surface area contributed by atoms with Gasteiger partial charge in [-0.1, -0.05) is 12.1 Å². The normalized spacial score (nSPS) is 10.8. The van der Waals surface area contributed by atoms with Gasteiger partial charge in [0, 0.05) is 12.3 Å². The molecule has 0 amide bonds. The zero-order valence-electron chi connectivity index (χ0n) is 10.2. The Kier molecular flexibility index (Phi) is 3.72. The monoisotopic (exact) mass is 267 g/mol. The van der Waals surface area contributed by atoms with Gasteiger partial charge in [0.25, 0.3) is 0 Å². The van der Waals surface area contributed by atoms with Gasteiger partial charge in [-0.15, -0.1) is 0 Å². The minimum atomic E-state index is -0.681. The molecule has 0 unspecified atom stereocenters. The summed E-state index contributed by atoms with van der Waals surface area (Å²) in [6, 6.07) is 11.0. The van der Waals surface area contributed by atoms with E-state index in [9.17, 15) is 15.2 Å². The van der Waals surface area contributed by atoms with E-state index in [2.05, 4.69) is 4.98 Å². The third kappa shape index (κ3) is 2.79. The summed E-state index contributed by atoms with van der Waals surface area (Å²) >= 11 is 0. The molecule has 0 radical (unpaired) electrons. The summed E-state index contributed by atoms with van der Waals surface area (Å²) in [4.78, 5) is 14.1. The van der Waals surface area contributed by atoms with Gasteiger partial charge in [0.1, 0.15) is 6.07 Å². The van der Waals surface area contributed by atoms with Crippen molar-refractivity contribution in [3.63, 3.8) is 0 Å². The van der Waals surface area contributed by atoms with Crippen LogP contribution >= 0.6 is 0 Å². The molecule has 6 nitrogen and oxygen atoms in total. The highest BCUT2D eigenvalue weighted by molar-refractivity contribution is 5.88. The van der Waals surface area contributed by atoms with Crippen molar-refractivity contribution >= 4 is 17.3 Å². The van der Waals surface area contributed by atoms with Gasteiger partial charge in [-0.05, 0) is 29.8 Å². The van der Waals surface area contributed by atoms with Crippen LogP contribution in [0.4, 0.5) is 5.69 Å². The van der Waals surface area contributed by atoms with Gasteiger partial charge < -0.3 is 5.11 Å². The van der Waals surface area contributed by atoms with Gasteiger partial charge in [0.15, 0.2) is 5.75 Å². The van der Waals surface area contributed by atoms with E-state index in [-0.39, 0.29) is 5.57 Å². The molecule has 1 N–H and O–H groups in total. The van der Waals surface area contributed by atoms with Crippen molar-refractivity contribution in [1.82, 2.24) is 4.98 Å². The molecule has 0 saturated heterocycles. The summed E-state index contributed by atoms with van der Waals surface area (Å²) < 4.78 is 0. The zero-order chi connectivity index (χ0) is 14.5. The summed E-state index contributed by atoms with van der Waals surface area (Å²) in [7, 11) is 0. The maximum atomic E-state index is 10.7. The van der Waals surface area contributed by atoms with Gasteiger partial charge in [0.05, 0.1) is 16.2 Å². The Hall–Kier alpha value is -3.20. The molecular formula is C14H9N3O3. The number of aromatic nitrogens is 1. The van der Waals surface area contributed by atoms with E-state index < -0.39 is 16.4 Å². The summed E-state index contributed by atoms with van der Waals surface area (Å²) in [6.07, 6.45) is 3.04. The van der Waals surface area contributed by atoms with Crippen LogP contribution < -0.4 is 0 Å². The zero-order valence-corrected chi connectivity index (χ0v) is 10.2. The number of benzene rings is 1. The molecule has 1 heterocycles. The van der Waals surface area contributed by atoms with Crippen molar-refractivity contribution in [2.24, 2.45) is 0 Å². The number of hydrogen-bond acceptors (Lipinski definition) is 5. The van der Waals surface area contributed by atoms with E-state index in [1.807, 2.05) is 6.07 Å². The van der Waals surface area contributed by atoms with Crippen molar-refractivity contribution in [1.29, 1.82) is 5.26 Å². The molecule has 0 aliphatic carbocycles. The fourth-order valence-electron chi connectivity index (χ4n) is 1.63. The molecule has 0 fully saturated rings. The number of nitro groups is 1. The lowest BCUT2D eigenvalue weighted by atomic mass is 10.1. The fraction of sp³-hybridized carbons (Fsp3) is 0. The molecule has 0 aliphatic heterocycles. The molecule has 20 heavy (non-hydrogen) atoms. The van der Waals surface area contributed by atoms with Crippen molar-refractivity contribution in [2.75, 3.05) is 0 Å². The van der Waals surface area contributed by atoms with Crippen LogP contribution in [0.5, 0.6) is 5.75 Å². The fourth-order valence-corrected chi connectivity index (χ4v) is 1.63. The number of nitro benzene ring substituents is 1. The first kappa shape index (κ1) is 13.2. The molecule has 98 valence electrons. The summed E-state index contributed by atoms with van der Waals surface area (Å²) in [5.74, 6) is -0.413. The lowest BCUT2D eigenvalue weighted by molar-refractivity contribution is -0.385. The van der Waals surface area contributed by atoms with Crippen molar-refractivity contribution < 1.29 is 10.0 Å². The first-order chi connectivity index (χ1) is 9.61. The minimum absolute atomic E-state index is 0.283. The average Bonchev–Trinajstić information content (AvgIpc) is 2.47. The number of nitriles is 1. The predicted octanol–water partition coefficient (Wildman–Crippen LogP) is 2.76. The SMILES string of the molecule is N#C/C(=C\c1ccc(O)c([N+](=O)[O-])c1)c1ccccn1. The highest BCUT2D eigenvalue weighted by Crippen LogP contribution is 2.28. The molecule has 2 rings (SSSR count). The first-order valence-electron chi connectivity index (χ1n) is 5.62.